The van der Waals surface area contributed by atoms with Crippen molar-refractivity contribution in [2.75, 3.05) is 26.1 Å². The first-order chi connectivity index (χ1) is 10.9. The highest BCUT2D eigenvalue weighted by atomic mass is 32.2. The fourth-order valence-corrected chi connectivity index (χ4v) is 3.50. The van der Waals surface area contributed by atoms with Crippen molar-refractivity contribution < 1.29 is 22.6 Å². The Kier molecular flexibility index (Phi) is 5.00. The SMILES string of the molecule is COc1cc(NS(=O)(=O)c2ccccc2C)cc(OC)c1OC. The first-order valence-corrected chi connectivity index (χ1v) is 8.29. The summed E-state index contributed by atoms with van der Waals surface area (Å²) < 4.78 is 43.3. The van der Waals surface area contributed by atoms with Crippen LogP contribution in [-0.2, 0) is 10.0 Å². The van der Waals surface area contributed by atoms with Crippen molar-refractivity contribution in [3.8, 4) is 17.2 Å². The zero-order valence-electron chi connectivity index (χ0n) is 13.4. The number of sulfonamides is 1. The van der Waals surface area contributed by atoms with Crippen molar-refractivity contribution in [2.45, 2.75) is 11.8 Å². The highest BCUT2D eigenvalue weighted by Crippen LogP contribution is 2.40. The van der Waals surface area contributed by atoms with Crippen LogP contribution in [0.3, 0.4) is 0 Å². The molecule has 0 atom stereocenters. The van der Waals surface area contributed by atoms with Gasteiger partial charge in [-0.1, -0.05) is 18.2 Å². The average molecular weight is 337 g/mol. The summed E-state index contributed by atoms with van der Waals surface area (Å²) >= 11 is 0. The molecule has 7 heteroatoms. The lowest BCUT2D eigenvalue weighted by Crippen LogP contribution is -2.14. The second-order valence-electron chi connectivity index (χ2n) is 4.79. The molecule has 0 fully saturated rings. The van der Waals surface area contributed by atoms with Gasteiger partial charge in [-0.3, -0.25) is 4.72 Å². The van der Waals surface area contributed by atoms with E-state index in [0.29, 0.717) is 28.5 Å². The van der Waals surface area contributed by atoms with E-state index in [1.807, 2.05) is 0 Å². The third kappa shape index (κ3) is 3.50. The minimum absolute atomic E-state index is 0.216. The Morgan fingerprint density at radius 1 is 0.913 bits per heavy atom. The van der Waals surface area contributed by atoms with Gasteiger partial charge in [0.2, 0.25) is 5.75 Å². The van der Waals surface area contributed by atoms with Gasteiger partial charge in [-0.25, -0.2) is 8.42 Å². The van der Waals surface area contributed by atoms with Crippen LogP contribution in [0.25, 0.3) is 0 Å². The summed E-state index contributed by atoms with van der Waals surface area (Å²) in [6.45, 7) is 1.74. The highest BCUT2D eigenvalue weighted by Gasteiger charge is 2.19. The second-order valence-corrected chi connectivity index (χ2v) is 6.44. The lowest BCUT2D eigenvalue weighted by molar-refractivity contribution is 0.325. The molecule has 0 amide bonds. The highest BCUT2D eigenvalue weighted by molar-refractivity contribution is 7.92. The van der Waals surface area contributed by atoms with E-state index in [1.54, 1.807) is 31.2 Å². The predicted octanol–water partition coefficient (Wildman–Crippen LogP) is 2.82. The minimum atomic E-state index is -3.72. The number of rotatable bonds is 6. The van der Waals surface area contributed by atoms with Crippen molar-refractivity contribution in [1.82, 2.24) is 0 Å². The zero-order valence-corrected chi connectivity index (χ0v) is 14.2. The smallest absolute Gasteiger partial charge is 0.262 e. The van der Waals surface area contributed by atoms with Gasteiger partial charge in [0.1, 0.15) is 0 Å². The van der Waals surface area contributed by atoms with Crippen LogP contribution in [0.15, 0.2) is 41.3 Å². The predicted molar refractivity (Wildman–Crippen MR) is 88.1 cm³/mol. The van der Waals surface area contributed by atoms with Gasteiger partial charge in [-0.2, -0.15) is 0 Å². The maximum atomic E-state index is 12.6. The standard InChI is InChI=1S/C16H19NO5S/c1-11-7-5-6-8-15(11)23(18,19)17-12-9-13(20-2)16(22-4)14(10-12)21-3/h5-10,17H,1-4H3. The molecule has 0 aliphatic rings. The van der Waals surface area contributed by atoms with E-state index in [2.05, 4.69) is 4.72 Å². The third-order valence-electron chi connectivity index (χ3n) is 3.30. The molecule has 0 aliphatic heterocycles. The lowest BCUT2D eigenvalue weighted by Gasteiger charge is -2.15. The van der Waals surface area contributed by atoms with E-state index >= 15 is 0 Å². The molecule has 0 bridgehead atoms. The van der Waals surface area contributed by atoms with Gasteiger partial charge in [0.15, 0.2) is 11.5 Å². The molecule has 2 aromatic carbocycles. The van der Waals surface area contributed by atoms with Crippen LogP contribution in [0.5, 0.6) is 17.2 Å². The number of nitrogens with one attached hydrogen (secondary N) is 1. The Labute approximate surface area is 136 Å². The third-order valence-corrected chi connectivity index (χ3v) is 4.84. The topological polar surface area (TPSA) is 73.9 Å². The molecule has 124 valence electrons. The van der Waals surface area contributed by atoms with Gasteiger partial charge in [0.25, 0.3) is 10.0 Å². The number of anilines is 1. The lowest BCUT2D eigenvalue weighted by atomic mass is 10.2. The number of benzene rings is 2. The molecular formula is C16H19NO5S. The maximum Gasteiger partial charge on any atom is 0.262 e. The van der Waals surface area contributed by atoms with Gasteiger partial charge in [-0.15, -0.1) is 0 Å². The largest absolute Gasteiger partial charge is 0.493 e. The number of ether oxygens (including phenoxy) is 3. The normalized spacial score (nSPS) is 11.0. The van der Waals surface area contributed by atoms with Crippen LogP contribution in [0, 0.1) is 6.92 Å². The van der Waals surface area contributed by atoms with Crippen molar-refractivity contribution in [2.24, 2.45) is 0 Å². The summed E-state index contributed by atoms with van der Waals surface area (Å²) in [4.78, 5) is 0.216. The van der Waals surface area contributed by atoms with Crippen molar-refractivity contribution in [3.05, 3.63) is 42.0 Å². The van der Waals surface area contributed by atoms with Gasteiger partial charge < -0.3 is 14.2 Å². The Morgan fingerprint density at radius 3 is 1.96 bits per heavy atom. The molecule has 0 heterocycles. The van der Waals surface area contributed by atoms with Crippen molar-refractivity contribution in [1.29, 1.82) is 0 Å². The summed E-state index contributed by atoms with van der Waals surface area (Å²) in [5.41, 5.74) is 0.982. The van der Waals surface area contributed by atoms with E-state index in [1.165, 1.54) is 33.5 Å². The summed E-state index contributed by atoms with van der Waals surface area (Å²) in [5, 5.41) is 0. The molecule has 23 heavy (non-hydrogen) atoms. The Hall–Kier alpha value is -2.41. The number of methoxy groups -OCH3 is 3. The first-order valence-electron chi connectivity index (χ1n) is 6.81. The quantitative estimate of drug-likeness (QED) is 0.877. The van der Waals surface area contributed by atoms with Crippen molar-refractivity contribution in [3.63, 3.8) is 0 Å². The fourth-order valence-electron chi connectivity index (χ4n) is 2.21. The molecule has 0 aliphatic carbocycles. The van der Waals surface area contributed by atoms with E-state index in [0.717, 1.165) is 0 Å². The molecule has 1 N–H and O–H groups in total. The molecule has 6 nitrogen and oxygen atoms in total. The van der Waals surface area contributed by atoms with E-state index in [-0.39, 0.29) is 4.90 Å². The number of hydrogen-bond donors (Lipinski definition) is 1. The van der Waals surface area contributed by atoms with Crippen LogP contribution < -0.4 is 18.9 Å². The van der Waals surface area contributed by atoms with E-state index in [9.17, 15) is 8.42 Å². The molecule has 0 radical (unpaired) electrons. The molecule has 0 aromatic heterocycles. The Morgan fingerprint density at radius 2 is 1.48 bits per heavy atom. The van der Waals surface area contributed by atoms with Gasteiger partial charge in [-0.05, 0) is 18.6 Å². The molecule has 2 aromatic rings. The second kappa shape index (κ2) is 6.78. The number of aryl methyl sites for hydroxylation is 1. The Bertz CT molecular complexity index is 777. The van der Waals surface area contributed by atoms with E-state index in [4.69, 9.17) is 14.2 Å². The molecule has 0 unspecified atom stereocenters. The van der Waals surface area contributed by atoms with Crippen LogP contribution in [0.4, 0.5) is 5.69 Å². The molecule has 0 spiro atoms. The summed E-state index contributed by atoms with van der Waals surface area (Å²) in [7, 11) is 0.707. The van der Waals surface area contributed by atoms with E-state index < -0.39 is 10.0 Å². The van der Waals surface area contributed by atoms with Gasteiger partial charge in [0, 0.05) is 12.1 Å². The Balaban J connectivity index is 2.46. The van der Waals surface area contributed by atoms with Crippen LogP contribution in [0.1, 0.15) is 5.56 Å². The molecule has 2 rings (SSSR count). The minimum Gasteiger partial charge on any atom is -0.493 e. The molecule has 0 saturated heterocycles. The van der Waals surface area contributed by atoms with Crippen molar-refractivity contribution >= 4 is 15.7 Å². The van der Waals surface area contributed by atoms with Gasteiger partial charge in [0.05, 0.1) is 31.9 Å². The van der Waals surface area contributed by atoms with Crippen LogP contribution in [-0.4, -0.2) is 29.7 Å². The monoisotopic (exact) mass is 337 g/mol. The summed E-state index contributed by atoms with van der Waals surface area (Å²) in [6.07, 6.45) is 0. The maximum absolute atomic E-state index is 12.6. The average Bonchev–Trinajstić information content (AvgIpc) is 2.53. The number of hydrogen-bond acceptors (Lipinski definition) is 5. The molecule has 0 saturated carbocycles. The first kappa shape index (κ1) is 17.0. The summed E-state index contributed by atoms with van der Waals surface area (Å²) in [6, 6.07) is 9.83. The van der Waals surface area contributed by atoms with Gasteiger partial charge >= 0.3 is 0 Å². The fraction of sp³-hybridized carbons (Fsp3) is 0.250. The van der Waals surface area contributed by atoms with Crippen LogP contribution >= 0.6 is 0 Å². The molecular weight excluding hydrogens is 318 g/mol. The zero-order chi connectivity index (χ0) is 17.0. The van der Waals surface area contributed by atoms with Crippen LogP contribution in [0.2, 0.25) is 0 Å². The summed E-state index contributed by atoms with van der Waals surface area (Å²) in [5.74, 6) is 1.14.